The van der Waals surface area contributed by atoms with Gasteiger partial charge in [0.25, 0.3) is 0 Å². The number of likely N-dealkylation sites (tertiary alicyclic amines) is 1. The fourth-order valence-corrected chi connectivity index (χ4v) is 3.59. The fraction of sp³-hybridized carbons (Fsp3) is 0.688. The Balaban J connectivity index is 1.91. The molecule has 1 saturated heterocycles. The monoisotopic (exact) mass is 319 g/mol. The molecule has 2 aliphatic heterocycles. The van der Waals surface area contributed by atoms with Gasteiger partial charge >= 0.3 is 0 Å². The summed E-state index contributed by atoms with van der Waals surface area (Å²) in [5, 5.41) is 12.3. The molecule has 0 radical (unpaired) electrons. The lowest BCUT2D eigenvalue weighted by atomic mass is 10.0. The van der Waals surface area contributed by atoms with Crippen LogP contribution in [0, 0.1) is 0 Å². The standard InChI is InChI=1S/C16H25N5O2/c1-11(23)21-6-3-4-14(21)16-18-13-5-7-20(8-9-22)10-12(13)15(17-2)19-16/h14,22H,3-10H2,1-2H3,(H,17,18,19)/t14-/m0/s1. The largest absolute Gasteiger partial charge is 0.395 e. The van der Waals surface area contributed by atoms with Crippen LogP contribution in [0.4, 0.5) is 5.82 Å². The molecule has 1 fully saturated rings. The maximum atomic E-state index is 11.8. The van der Waals surface area contributed by atoms with Crippen molar-refractivity contribution < 1.29 is 9.90 Å². The van der Waals surface area contributed by atoms with E-state index in [9.17, 15) is 4.79 Å². The van der Waals surface area contributed by atoms with Gasteiger partial charge < -0.3 is 15.3 Å². The van der Waals surface area contributed by atoms with E-state index in [0.717, 1.165) is 61.8 Å². The van der Waals surface area contributed by atoms with Crippen LogP contribution in [0.3, 0.4) is 0 Å². The van der Waals surface area contributed by atoms with Crippen molar-refractivity contribution in [3.63, 3.8) is 0 Å². The Bertz CT molecular complexity index is 575. The molecule has 3 rings (SSSR count). The molecule has 0 saturated carbocycles. The molecule has 1 aromatic rings. The minimum atomic E-state index is 0.000344. The predicted molar refractivity (Wildman–Crippen MR) is 87.0 cm³/mol. The number of β-amino-alcohol motifs (C(OH)–C–C–N with tert-alkyl or cyclic N) is 1. The molecular weight excluding hydrogens is 294 g/mol. The SMILES string of the molecule is CNc1nc([C@@H]2CCCN2C(C)=O)nc2c1CN(CCO)CC2. The second-order valence-electron chi connectivity index (χ2n) is 6.23. The summed E-state index contributed by atoms with van der Waals surface area (Å²) in [6, 6.07) is 0.000344. The van der Waals surface area contributed by atoms with Crippen molar-refractivity contribution >= 4 is 11.7 Å². The zero-order chi connectivity index (χ0) is 16.4. The second kappa shape index (κ2) is 6.80. The van der Waals surface area contributed by atoms with Crippen LogP contribution < -0.4 is 5.32 Å². The zero-order valence-electron chi connectivity index (χ0n) is 13.9. The lowest BCUT2D eigenvalue weighted by Gasteiger charge is -2.30. The molecule has 3 heterocycles. The highest BCUT2D eigenvalue weighted by atomic mass is 16.3. The fourth-order valence-electron chi connectivity index (χ4n) is 3.59. The first kappa shape index (κ1) is 16.1. The Morgan fingerprint density at radius 3 is 2.91 bits per heavy atom. The van der Waals surface area contributed by atoms with E-state index in [4.69, 9.17) is 15.1 Å². The van der Waals surface area contributed by atoms with Crippen molar-refractivity contribution in [2.75, 3.05) is 38.6 Å². The topological polar surface area (TPSA) is 81.6 Å². The van der Waals surface area contributed by atoms with Crippen LogP contribution in [-0.2, 0) is 17.8 Å². The third kappa shape index (κ3) is 3.16. The van der Waals surface area contributed by atoms with Crippen molar-refractivity contribution in [1.29, 1.82) is 0 Å². The van der Waals surface area contributed by atoms with Crippen molar-refractivity contribution in [2.45, 2.75) is 38.8 Å². The Hall–Kier alpha value is -1.73. The Morgan fingerprint density at radius 1 is 1.39 bits per heavy atom. The van der Waals surface area contributed by atoms with Crippen LogP contribution in [-0.4, -0.2) is 64.1 Å². The van der Waals surface area contributed by atoms with E-state index in [1.807, 2.05) is 11.9 Å². The molecule has 0 aromatic carbocycles. The Morgan fingerprint density at radius 2 is 2.22 bits per heavy atom. The smallest absolute Gasteiger partial charge is 0.220 e. The number of hydrogen-bond donors (Lipinski definition) is 2. The van der Waals surface area contributed by atoms with E-state index in [1.165, 1.54) is 0 Å². The van der Waals surface area contributed by atoms with E-state index < -0.39 is 0 Å². The summed E-state index contributed by atoms with van der Waals surface area (Å²) in [6.45, 7) is 4.90. The van der Waals surface area contributed by atoms with E-state index in [2.05, 4.69) is 10.2 Å². The van der Waals surface area contributed by atoms with Gasteiger partial charge in [0.1, 0.15) is 5.82 Å². The van der Waals surface area contributed by atoms with Gasteiger partial charge in [-0.25, -0.2) is 9.97 Å². The Kier molecular flexibility index (Phi) is 4.77. The van der Waals surface area contributed by atoms with Gasteiger partial charge in [-0.05, 0) is 12.8 Å². The van der Waals surface area contributed by atoms with E-state index in [-0.39, 0.29) is 18.6 Å². The number of hydrogen-bond acceptors (Lipinski definition) is 6. The minimum Gasteiger partial charge on any atom is -0.395 e. The first-order chi connectivity index (χ1) is 11.1. The van der Waals surface area contributed by atoms with E-state index in [0.29, 0.717) is 6.54 Å². The first-order valence-corrected chi connectivity index (χ1v) is 8.32. The Labute approximate surface area is 136 Å². The number of amides is 1. The van der Waals surface area contributed by atoms with E-state index in [1.54, 1.807) is 6.92 Å². The van der Waals surface area contributed by atoms with Crippen LogP contribution in [0.1, 0.15) is 42.9 Å². The lowest BCUT2D eigenvalue weighted by molar-refractivity contribution is -0.129. The third-order valence-electron chi connectivity index (χ3n) is 4.76. The maximum absolute atomic E-state index is 11.8. The van der Waals surface area contributed by atoms with Gasteiger partial charge in [-0.2, -0.15) is 0 Å². The average Bonchev–Trinajstić information content (AvgIpc) is 3.04. The molecule has 2 N–H and O–H groups in total. The molecular formula is C16H25N5O2. The number of nitrogens with zero attached hydrogens (tertiary/aromatic N) is 4. The first-order valence-electron chi connectivity index (χ1n) is 8.32. The average molecular weight is 319 g/mol. The summed E-state index contributed by atoms with van der Waals surface area (Å²) >= 11 is 0. The number of anilines is 1. The summed E-state index contributed by atoms with van der Waals surface area (Å²) in [5.74, 6) is 1.70. The number of fused-ring (bicyclic) bond motifs is 1. The highest BCUT2D eigenvalue weighted by Crippen LogP contribution is 2.32. The van der Waals surface area contributed by atoms with Crippen LogP contribution in [0.15, 0.2) is 0 Å². The molecule has 0 unspecified atom stereocenters. The van der Waals surface area contributed by atoms with Crippen LogP contribution in [0.2, 0.25) is 0 Å². The molecule has 126 valence electrons. The summed E-state index contributed by atoms with van der Waals surface area (Å²) in [7, 11) is 1.87. The molecule has 0 spiro atoms. The van der Waals surface area contributed by atoms with Crippen LogP contribution in [0.5, 0.6) is 0 Å². The van der Waals surface area contributed by atoms with Gasteiger partial charge in [-0.15, -0.1) is 0 Å². The number of carbonyl (C=O) groups is 1. The number of aromatic nitrogens is 2. The summed E-state index contributed by atoms with van der Waals surface area (Å²) in [5.41, 5.74) is 2.19. The van der Waals surface area contributed by atoms with Gasteiger partial charge in [-0.3, -0.25) is 9.69 Å². The second-order valence-corrected chi connectivity index (χ2v) is 6.23. The molecule has 2 aliphatic rings. The minimum absolute atomic E-state index is 0.000344. The third-order valence-corrected chi connectivity index (χ3v) is 4.76. The summed E-state index contributed by atoms with van der Waals surface area (Å²) in [4.78, 5) is 25.4. The number of aliphatic hydroxyl groups is 1. The molecule has 23 heavy (non-hydrogen) atoms. The van der Waals surface area contributed by atoms with Gasteiger partial charge in [-0.1, -0.05) is 0 Å². The lowest BCUT2D eigenvalue weighted by Crippen LogP contribution is -2.35. The summed E-state index contributed by atoms with van der Waals surface area (Å²) < 4.78 is 0. The van der Waals surface area contributed by atoms with Crippen molar-refractivity contribution in [3.05, 3.63) is 17.1 Å². The molecule has 7 heteroatoms. The molecule has 1 aromatic heterocycles. The van der Waals surface area contributed by atoms with E-state index >= 15 is 0 Å². The molecule has 1 amide bonds. The molecule has 7 nitrogen and oxygen atoms in total. The predicted octanol–water partition coefficient (Wildman–Crippen LogP) is 0.552. The zero-order valence-corrected chi connectivity index (χ0v) is 13.9. The number of rotatable bonds is 4. The van der Waals surface area contributed by atoms with Crippen molar-refractivity contribution in [1.82, 2.24) is 19.8 Å². The van der Waals surface area contributed by atoms with Gasteiger partial charge in [0, 0.05) is 52.1 Å². The quantitative estimate of drug-likeness (QED) is 0.843. The maximum Gasteiger partial charge on any atom is 0.220 e. The summed E-state index contributed by atoms with van der Waals surface area (Å²) in [6.07, 6.45) is 2.79. The van der Waals surface area contributed by atoms with Crippen LogP contribution >= 0.6 is 0 Å². The molecule has 1 atom stereocenters. The highest BCUT2D eigenvalue weighted by Gasteiger charge is 2.32. The van der Waals surface area contributed by atoms with Crippen molar-refractivity contribution in [3.8, 4) is 0 Å². The van der Waals surface area contributed by atoms with Gasteiger partial charge in [0.15, 0.2) is 5.82 Å². The molecule has 0 aliphatic carbocycles. The van der Waals surface area contributed by atoms with Crippen LogP contribution in [0.25, 0.3) is 0 Å². The van der Waals surface area contributed by atoms with Gasteiger partial charge in [0.2, 0.25) is 5.91 Å². The normalized spacial score (nSPS) is 21.3. The molecule has 0 bridgehead atoms. The van der Waals surface area contributed by atoms with Crippen molar-refractivity contribution in [2.24, 2.45) is 0 Å². The number of carbonyl (C=O) groups excluding carboxylic acids is 1. The number of nitrogens with one attached hydrogen (secondary N) is 1. The highest BCUT2D eigenvalue weighted by molar-refractivity contribution is 5.74. The van der Waals surface area contributed by atoms with Gasteiger partial charge in [0.05, 0.1) is 18.3 Å². The number of aliphatic hydroxyl groups excluding tert-OH is 1.